The zero-order valence-corrected chi connectivity index (χ0v) is 17.9. The fourth-order valence-corrected chi connectivity index (χ4v) is 3.46. The van der Waals surface area contributed by atoms with Crippen molar-refractivity contribution in [2.45, 2.75) is 0 Å². The van der Waals surface area contributed by atoms with Gasteiger partial charge in [0.05, 0.1) is 11.4 Å². The first-order chi connectivity index (χ1) is 12.7. The normalized spacial score (nSPS) is 10.7. The minimum atomic E-state index is 0.869. The molecule has 26 heavy (non-hydrogen) atoms. The van der Waals surface area contributed by atoms with Crippen LogP contribution in [-0.4, -0.2) is 15.0 Å². The van der Waals surface area contributed by atoms with Gasteiger partial charge < -0.3 is 0 Å². The zero-order chi connectivity index (χ0) is 17.9. The molecule has 0 aliphatic carbocycles. The Morgan fingerprint density at radius 3 is 1.77 bits per heavy atom. The van der Waals surface area contributed by atoms with Crippen LogP contribution in [0.15, 0.2) is 79.4 Å². The number of nitrogens with zero attached hydrogens (tertiary/aromatic N) is 3. The molecule has 4 aromatic rings. The molecule has 0 spiro atoms. The van der Waals surface area contributed by atoms with Crippen molar-refractivity contribution in [3.05, 3.63) is 86.5 Å². The Balaban J connectivity index is 1.90. The van der Waals surface area contributed by atoms with E-state index in [1.54, 1.807) is 12.4 Å². The van der Waals surface area contributed by atoms with Crippen LogP contribution in [0.1, 0.15) is 0 Å². The lowest BCUT2D eigenvalue weighted by Gasteiger charge is -2.12. The van der Waals surface area contributed by atoms with Gasteiger partial charge in [0.1, 0.15) is 6.33 Å². The van der Waals surface area contributed by atoms with Crippen LogP contribution in [0.5, 0.6) is 0 Å². The van der Waals surface area contributed by atoms with E-state index in [0.717, 1.165) is 33.6 Å². The minimum Gasteiger partial charge on any atom is -0.247 e. The van der Waals surface area contributed by atoms with E-state index in [1.807, 2.05) is 6.07 Å². The Morgan fingerprint density at radius 1 is 0.577 bits per heavy atom. The summed E-state index contributed by atoms with van der Waals surface area (Å²) in [6.07, 6.45) is 5.11. The number of rotatable bonds is 3. The van der Waals surface area contributed by atoms with Crippen molar-refractivity contribution in [3.8, 4) is 33.6 Å². The fraction of sp³-hybridized carbons (Fsp3) is 0. The van der Waals surface area contributed by atoms with Crippen LogP contribution in [0.3, 0.4) is 0 Å². The van der Waals surface area contributed by atoms with E-state index < -0.39 is 0 Å². The van der Waals surface area contributed by atoms with E-state index >= 15 is 0 Å². The fourth-order valence-electron chi connectivity index (χ4n) is 2.74. The summed E-state index contributed by atoms with van der Waals surface area (Å²) in [7, 11) is 0. The molecule has 2 heterocycles. The number of pyridine rings is 1. The molecule has 0 saturated carbocycles. The highest BCUT2D eigenvalue weighted by atomic mass is 127. The molecule has 0 aliphatic heterocycles. The van der Waals surface area contributed by atoms with Gasteiger partial charge in [0, 0.05) is 36.2 Å². The Hall–Kier alpha value is -1.87. The van der Waals surface area contributed by atoms with Crippen molar-refractivity contribution in [2.75, 3.05) is 0 Å². The van der Waals surface area contributed by atoms with Crippen molar-refractivity contribution in [3.63, 3.8) is 0 Å². The summed E-state index contributed by atoms with van der Waals surface area (Å²) in [6.45, 7) is 0. The number of aromatic nitrogens is 3. The van der Waals surface area contributed by atoms with Gasteiger partial charge in [0.25, 0.3) is 0 Å². The third kappa shape index (κ3) is 3.78. The second-order valence-electron chi connectivity index (χ2n) is 5.73. The Labute approximate surface area is 179 Å². The van der Waals surface area contributed by atoms with Gasteiger partial charge >= 0.3 is 0 Å². The van der Waals surface area contributed by atoms with E-state index in [1.165, 1.54) is 13.5 Å². The Bertz CT molecular complexity index is 1030. The van der Waals surface area contributed by atoms with Gasteiger partial charge in [-0.05, 0) is 81.1 Å². The zero-order valence-electron chi connectivity index (χ0n) is 13.6. The molecule has 0 radical (unpaired) electrons. The second kappa shape index (κ2) is 7.79. The topological polar surface area (TPSA) is 38.7 Å². The van der Waals surface area contributed by atoms with E-state index in [-0.39, 0.29) is 0 Å². The quantitative estimate of drug-likeness (QED) is 0.285. The first-order valence-electron chi connectivity index (χ1n) is 7.99. The third-order valence-electron chi connectivity index (χ3n) is 4.02. The minimum absolute atomic E-state index is 0.869. The number of hydrogen-bond donors (Lipinski definition) is 0. The van der Waals surface area contributed by atoms with Crippen molar-refractivity contribution < 1.29 is 0 Å². The largest absolute Gasteiger partial charge is 0.247 e. The standard InChI is InChI=1S/C21H13I2N3/c22-17-5-1-14(2-6-17)19-9-10-20(16-11-24-13-25-12-16)26-21(19)15-3-7-18(23)8-4-15/h1-13H. The van der Waals surface area contributed by atoms with Gasteiger partial charge in [-0.2, -0.15) is 0 Å². The molecule has 126 valence electrons. The molecular formula is C21H13I2N3. The lowest BCUT2D eigenvalue weighted by molar-refractivity contribution is 1.16. The molecule has 0 aliphatic rings. The summed E-state index contributed by atoms with van der Waals surface area (Å²) in [5, 5.41) is 0. The molecule has 0 fully saturated rings. The van der Waals surface area contributed by atoms with Crippen LogP contribution in [0, 0.1) is 7.14 Å². The summed E-state index contributed by atoms with van der Waals surface area (Å²) in [5.41, 5.74) is 6.11. The molecule has 0 bridgehead atoms. The number of benzene rings is 2. The van der Waals surface area contributed by atoms with Crippen molar-refractivity contribution in [1.29, 1.82) is 0 Å². The lowest BCUT2D eigenvalue weighted by atomic mass is 9.98. The highest BCUT2D eigenvalue weighted by Gasteiger charge is 2.12. The molecule has 0 atom stereocenters. The highest BCUT2D eigenvalue weighted by Crippen LogP contribution is 2.33. The molecule has 0 unspecified atom stereocenters. The monoisotopic (exact) mass is 561 g/mol. The predicted octanol–water partition coefficient (Wildman–Crippen LogP) is 6.08. The smallest absolute Gasteiger partial charge is 0.115 e. The van der Waals surface area contributed by atoms with Gasteiger partial charge in [-0.25, -0.2) is 15.0 Å². The number of hydrogen-bond acceptors (Lipinski definition) is 3. The van der Waals surface area contributed by atoms with Gasteiger partial charge in [-0.15, -0.1) is 0 Å². The summed E-state index contributed by atoms with van der Waals surface area (Å²) in [5.74, 6) is 0. The van der Waals surface area contributed by atoms with E-state index in [0.29, 0.717) is 0 Å². The van der Waals surface area contributed by atoms with E-state index in [2.05, 4.69) is 110 Å². The average molecular weight is 561 g/mol. The van der Waals surface area contributed by atoms with Crippen molar-refractivity contribution >= 4 is 45.2 Å². The lowest BCUT2D eigenvalue weighted by Crippen LogP contribution is -1.94. The molecule has 5 heteroatoms. The van der Waals surface area contributed by atoms with Crippen LogP contribution >= 0.6 is 45.2 Å². The summed E-state index contributed by atoms with van der Waals surface area (Å²) in [4.78, 5) is 13.2. The van der Waals surface area contributed by atoms with Crippen LogP contribution in [0.4, 0.5) is 0 Å². The van der Waals surface area contributed by atoms with Crippen molar-refractivity contribution in [1.82, 2.24) is 15.0 Å². The second-order valence-corrected chi connectivity index (χ2v) is 8.22. The van der Waals surface area contributed by atoms with E-state index in [9.17, 15) is 0 Å². The molecule has 2 aromatic heterocycles. The first-order valence-corrected chi connectivity index (χ1v) is 10.1. The molecule has 0 amide bonds. The van der Waals surface area contributed by atoms with Gasteiger partial charge in [0.15, 0.2) is 0 Å². The maximum absolute atomic E-state index is 4.96. The van der Waals surface area contributed by atoms with Crippen LogP contribution < -0.4 is 0 Å². The SMILES string of the molecule is Ic1ccc(-c2ccc(-c3cncnc3)nc2-c2ccc(I)cc2)cc1. The summed E-state index contributed by atoms with van der Waals surface area (Å²) < 4.78 is 2.42. The summed E-state index contributed by atoms with van der Waals surface area (Å²) in [6, 6.07) is 21.1. The first kappa shape index (κ1) is 17.5. The molecule has 4 rings (SSSR count). The number of halogens is 2. The highest BCUT2D eigenvalue weighted by molar-refractivity contribution is 14.1. The molecule has 0 saturated heterocycles. The van der Waals surface area contributed by atoms with E-state index in [4.69, 9.17) is 4.98 Å². The average Bonchev–Trinajstić information content (AvgIpc) is 2.70. The Kier molecular flexibility index (Phi) is 5.26. The maximum atomic E-state index is 4.96. The van der Waals surface area contributed by atoms with Crippen LogP contribution in [0.2, 0.25) is 0 Å². The molecule has 3 nitrogen and oxygen atoms in total. The summed E-state index contributed by atoms with van der Waals surface area (Å²) >= 11 is 4.64. The van der Waals surface area contributed by atoms with Gasteiger partial charge in [0.2, 0.25) is 0 Å². The van der Waals surface area contributed by atoms with Crippen molar-refractivity contribution in [2.24, 2.45) is 0 Å². The molecular weight excluding hydrogens is 548 g/mol. The van der Waals surface area contributed by atoms with Gasteiger partial charge in [-0.1, -0.05) is 30.3 Å². The Morgan fingerprint density at radius 2 is 1.15 bits per heavy atom. The predicted molar refractivity (Wildman–Crippen MR) is 122 cm³/mol. The maximum Gasteiger partial charge on any atom is 0.115 e. The van der Waals surface area contributed by atoms with Gasteiger partial charge in [-0.3, -0.25) is 0 Å². The molecule has 0 N–H and O–H groups in total. The molecule has 2 aromatic carbocycles. The van der Waals surface area contributed by atoms with Crippen LogP contribution in [-0.2, 0) is 0 Å². The third-order valence-corrected chi connectivity index (χ3v) is 5.46. The van der Waals surface area contributed by atoms with Crippen LogP contribution in [0.25, 0.3) is 33.6 Å².